The number of aryl methyl sites for hydroxylation is 1. The molecule has 2 aromatic heterocycles. The summed E-state index contributed by atoms with van der Waals surface area (Å²) in [7, 11) is 0. The summed E-state index contributed by atoms with van der Waals surface area (Å²) in [5.74, 6) is 0.904. The standard InChI is InChI=1S/C15H19N5/c1-12-3-2-6-17-14(12)10-20-8-5-13(9-20)19-15-4-7-16-11-18-15/h2-4,6-7,11,13H,5,8-10H2,1H3,(H,16,18,19). The molecule has 1 unspecified atom stereocenters. The molecule has 1 atom stereocenters. The van der Waals surface area contributed by atoms with Crippen LogP contribution < -0.4 is 5.32 Å². The summed E-state index contributed by atoms with van der Waals surface area (Å²) in [5.41, 5.74) is 2.44. The molecule has 3 rings (SSSR count). The average Bonchev–Trinajstić information content (AvgIpc) is 2.90. The predicted octanol–water partition coefficient (Wildman–Crippen LogP) is 1.87. The van der Waals surface area contributed by atoms with Crippen molar-refractivity contribution in [1.29, 1.82) is 0 Å². The van der Waals surface area contributed by atoms with E-state index in [4.69, 9.17) is 0 Å². The number of rotatable bonds is 4. The van der Waals surface area contributed by atoms with Gasteiger partial charge in [-0.25, -0.2) is 9.97 Å². The smallest absolute Gasteiger partial charge is 0.129 e. The van der Waals surface area contributed by atoms with Gasteiger partial charge in [-0.3, -0.25) is 9.88 Å². The third-order valence-corrected chi connectivity index (χ3v) is 3.70. The molecule has 1 fully saturated rings. The fraction of sp³-hybridized carbons (Fsp3) is 0.400. The Morgan fingerprint density at radius 1 is 1.30 bits per heavy atom. The van der Waals surface area contributed by atoms with E-state index in [0.29, 0.717) is 6.04 Å². The fourth-order valence-electron chi connectivity index (χ4n) is 2.58. The maximum atomic E-state index is 4.47. The van der Waals surface area contributed by atoms with Crippen LogP contribution in [0, 0.1) is 6.92 Å². The summed E-state index contributed by atoms with van der Waals surface area (Å²) < 4.78 is 0. The first-order valence-electron chi connectivity index (χ1n) is 6.96. The van der Waals surface area contributed by atoms with Crippen LogP contribution in [0.2, 0.25) is 0 Å². The normalized spacial score (nSPS) is 19.1. The van der Waals surface area contributed by atoms with Gasteiger partial charge in [0.25, 0.3) is 0 Å². The molecular weight excluding hydrogens is 250 g/mol. The van der Waals surface area contributed by atoms with Crippen molar-refractivity contribution in [1.82, 2.24) is 19.9 Å². The van der Waals surface area contributed by atoms with Crippen LogP contribution in [0.1, 0.15) is 17.7 Å². The molecule has 0 spiro atoms. The van der Waals surface area contributed by atoms with E-state index < -0.39 is 0 Å². The highest BCUT2D eigenvalue weighted by molar-refractivity contribution is 5.33. The van der Waals surface area contributed by atoms with E-state index >= 15 is 0 Å². The molecular formula is C15H19N5. The SMILES string of the molecule is Cc1cccnc1CN1CCC(Nc2ccncn2)C1. The van der Waals surface area contributed by atoms with Crippen molar-refractivity contribution in [3.8, 4) is 0 Å². The first kappa shape index (κ1) is 13.0. The maximum absolute atomic E-state index is 4.47. The number of hydrogen-bond donors (Lipinski definition) is 1. The topological polar surface area (TPSA) is 53.9 Å². The van der Waals surface area contributed by atoms with Crippen molar-refractivity contribution < 1.29 is 0 Å². The Morgan fingerprint density at radius 2 is 2.25 bits per heavy atom. The van der Waals surface area contributed by atoms with E-state index in [1.165, 1.54) is 11.3 Å². The molecule has 0 radical (unpaired) electrons. The first-order chi connectivity index (χ1) is 9.81. The minimum absolute atomic E-state index is 0.453. The van der Waals surface area contributed by atoms with E-state index in [1.54, 1.807) is 12.5 Å². The number of aromatic nitrogens is 3. The summed E-state index contributed by atoms with van der Waals surface area (Å²) in [6.45, 7) is 5.17. The summed E-state index contributed by atoms with van der Waals surface area (Å²) in [6, 6.07) is 6.47. The molecule has 1 aliphatic rings. The Hall–Kier alpha value is -2.01. The highest BCUT2D eigenvalue weighted by Gasteiger charge is 2.23. The third-order valence-electron chi connectivity index (χ3n) is 3.70. The zero-order valence-corrected chi connectivity index (χ0v) is 11.7. The summed E-state index contributed by atoms with van der Waals surface area (Å²) in [5, 5.41) is 3.46. The quantitative estimate of drug-likeness (QED) is 0.918. The molecule has 0 aliphatic carbocycles. The Bertz CT molecular complexity index is 557. The van der Waals surface area contributed by atoms with Gasteiger partial charge < -0.3 is 5.32 Å². The Kier molecular flexibility index (Phi) is 3.87. The largest absolute Gasteiger partial charge is 0.366 e. The molecule has 1 N–H and O–H groups in total. The number of nitrogens with zero attached hydrogens (tertiary/aromatic N) is 4. The van der Waals surface area contributed by atoms with Crippen molar-refractivity contribution in [3.63, 3.8) is 0 Å². The fourth-order valence-corrected chi connectivity index (χ4v) is 2.58. The van der Waals surface area contributed by atoms with E-state index in [9.17, 15) is 0 Å². The Balaban J connectivity index is 1.56. The number of pyridine rings is 1. The second-order valence-corrected chi connectivity index (χ2v) is 5.23. The number of hydrogen-bond acceptors (Lipinski definition) is 5. The molecule has 0 amide bonds. The van der Waals surface area contributed by atoms with Crippen LogP contribution in [-0.4, -0.2) is 39.0 Å². The van der Waals surface area contributed by atoms with Gasteiger partial charge in [0.05, 0.1) is 5.69 Å². The molecule has 0 aromatic carbocycles. The van der Waals surface area contributed by atoms with Gasteiger partial charge in [0.1, 0.15) is 12.1 Å². The minimum Gasteiger partial charge on any atom is -0.366 e. The van der Waals surface area contributed by atoms with Crippen molar-refractivity contribution in [2.24, 2.45) is 0 Å². The average molecular weight is 269 g/mol. The van der Waals surface area contributed by atoms with Crippen molar-refractivity contribution in [2.75, 3.05) is 18.4 Å². The lowest BCUT2D eigenvalue weighted by atomic mass is 10.2. The number of anilines is 1. The summed E-state index contributed by atoms with van der Waals surface area (Å²) >= 11 is 0. The van der Waals surface area contributed by atoms with Gasteiger partial charge in [-0.15, -0.1) is 0 Å². The lowest BCUT2D eigenvalue weighted by Gasteiger charge is -2.17. The molecule has 1 saturated heterocycles. The van der Waals surface area contributed by atoms with E-state index in [-0.39, 0.29) is 0 Å². The number of likely N-dealkylation sites (tertiary alicyclic amines) is 1. The molecule has 2 aromatic rings. The van der Waals surface area contributed by atoms with Gasteiger partial charge in [-0.2, -0.15) is 0 Å². The van der Waals surface area contributed by atoms with Crippen LogP contribution in [0.4, 0.5) is 5.82 Å². The third kappa shape index (κ3) is 3.11. The lowest BCUT2D eigenvalue weighted by Crippen LogP contribution is -2.26. The molecule has 0 bridgehead atoms. The van der Waals surface area contributed by atoms with Crippen LogP contribution in [0.15, 0.2) is 36.9 Å². The van der Waals surface area contributed by atoms with Crippen LogP contribution in [0.25, 0.3) is 0 Å². The molecule has 5 nitrogen and oxygen atoms in total. The van der Waals surface area contributed by atoms with Gasteiger partial charge in [0.15, 0.2) is 0 Å². The van der Waals surface area contributed by atoms with Crippen molar-refractivity contribution in [3.05, 3.63) is 48.2 Å². The second kappa shape index (κ2) is 5.96. The first-order valence-corrected chi connectivity index (χ1v) is 6.96. The van der Waals surface area contributed by atoms with Gasteiger partial charge in [0.2, 0.25) is 0 Å². The maximum Gasteiger partial charge on any atom is 0.129 e. The van der Waals surface area contributed by atoms with Gasteiger partial charge in [-0.1, -0.05) is 6.07 Å². The monoisotopic (exact) mass is 269 g/mol. The minimum atomic E-state index is 0.453. The second-order valence-electron chi connectivity index (χ2n) is 5.23. The Labute approximate surface area is 119 Å². The molecule has 0 saturated carbocycles. The van der Waals surface area contributed by atoms with Crippen molar-refractivity contribution >= 4 is 5.82 Å². The molecule has 5 heteroatoms. The van der Waals surface area contributed by atoms with Crippen LogP contribution in [0.5, 0.6) is 0 Å². The zero-order valence-electron chi connectivity index (χ0n) is 11.7. The van der Waals surface area contributed by atoms with Crippen LogP contribution in [0.3, 0.4) is 0 Å². The summed E-state index contributed by atoms with van der Waals surface area (Å²) in [4.78, 5) is 15.0. The van der Waals surface area contributed by atoms with E-state index in [1.807, 2.05) is 18.3 Å². The predicted molar refractivity (Wildman–Crippen MR) is 78.3 cm³/mol. The van der Waals surface area contributed by atoms with E-state index in [2.05, 4.69) is 38.2 Å². The molecule has 104 valence electrons. The zero-order chi connectivity index (χ0) is 13.8. The molecule has 20 heavy (non-hydrogen) atoms. The van der Waals surface area contributed by atoms with Crippen molar-refractivity contribution in [2.45, 2.75) is 25.9 Å². The highest BCUT2D eigenvalue weighted by Crippen LogP contribution is 2.17. The van der Waals surface area contributed by atoms with E-state index in [0.717, 1.165) is 31.9 Å². The number of nitrogens with one attached hydrogen (secondary N) is 1. The van der Waals surface area contributed by atoms with Gasteiger partial charge in [0, 0.05) is 38.1 Å². The van der Waals surface area contributed by atoms with Gasteiger partial charge in [-0.05, 0) is 31.0 Å². The summed E-state index contributed by atoms with van der Waals surface area (Å²) in [6.07, 6.45) is 6.34. The van der Waals surface area contributed by atoms with Crippen LogP contribution >= 0.6 is 0 Å². The lowest BCUT2D eigenvalue weighted by molar-refractivity contribution is 0.323. The Morgan fingerprint density at radius 3 is 3.05 bits per heavy atom. The van der Waals surface area contributed by atoms with Gasteiger partial charge >= 0.3 is 0 Å². The molecule has 1 aliphatic heterocycles. The van der Waals surface area contributed by atoms with Crippen LogP contribution in [-0.2, 0) is 6.54 Å². The highest BCUT2D eigenvalue weighted by atomic mass is 15.2. The molecule has 3 heterocycles.